The molecule has 1 amide bonds. The van der Waals surface area contributed by atoms with Crippen molar-refractivity contribution in [3.8, 4) is 5.75 Å². The largest absolute Gasteiger partial charge is 0.492 e. The van der Waals surface area contributed by atoms with E-state index in [-0.39, 0.29) is 23.9 Å². The smallest absolute Gasteiger partial charge is 0.264 e. The number of rotatable bonds is 9. The average Bonchev–Trinajstić information content (AvgIpc) is 2.77. The number of hydrogen-bond donors (Lipinski definition) is 1. The Hall–Kier alpha value is -3.10. The number of benzene rings is 3. The van der Waals surface area contributed by atoms with Crippen molar-refractivity contribution in [2.75, 3.05) is 24.0 Å². The molecule has 0 saturated heterocycles. The van der Waals surface area contributed by atoms with Crippen LogP contribution in [0.4, 0.5) is 10.1 Å². The van der Waals surface area contributed by atoms with E-state index in [2.05, 4.69) is 5.32 Å². The molecule has 0 aromatic heterocycles. The van der Waals surface area contributed by atoms with Gasteiger partial charge < -0.3 is 10.1 Å². The molecule has 168 valence electrons. The second-order valence-electron chi connectivity index (χ2n) is 6.95. The molecule has 3 aromatic carbocycles. The highest BCUT2D eigenvalue weighted by molar-refractivity contribution is 7.92. The van der Waals surface area contributed by atoms with Crippen LogP contribution in [0.3, 0.4) is 0 Å². The molecule has 32 heavy (non-hydrogen) atoms. The minimum absolute atomic E-state index is 0.0745. The molecule has 9 heteroatoms. The van der Waals surface area contributed by atoms with Gasteiger partial charge in [0.05, 0.1) is 17.1 Å². The van der Waals surface area contributed by atoms with Gasteiger partial charge >= 0.3 is 0 Å². The third-order valence-electron chi connectivity index (χ3n) is 4.52. The number of sulfonamides is 1. The highest BCUT2D eigenvalue weighted by Crippen LogP contribution is 2.25. The van der Waals surface area contributed by atoms with E-state index in [0.29, 0.717) is 16.5 Å². The zero-order valence-electron chi connectivity index (χ0n) is 17.3. The van der Waals surface area contributed by atoms with Crippen LogP contribution in [0.5, 0.6) is 5.75 Å². The van der Waals surface area contributed by atoms with Crippen LogP contribution in [-0.4, -0.2) is 34.0 Å². The predicted octanol–water partition coefficient (Wildman–Crippen LogP) is 4.18. The lowest BCUT2D eigenvalue weighted by atomic mass is 10.2. The van der Waals surface area contributed by atoms with Gasteiger partial charge in [0, 0.05) is 5.02 Å². The summed E-state index contributed by atoms with van der Waals surface area (Å²) in [5, 5.41) is 3.09. The van der Waals surface area contributed by atoms with Crippen LogP contribution < -0.4 is 14.4 Å². The first-order valence-electron chi connectivity index (χ1n) is 9.76. The van der Waals surface area contributed by atoms with Crippen LogP contribution in [0.25, 0.3) is 0 Å². The average molecular weight is 477 g/mol. The summed E-state index contributed by atoms with van der Waals surface area (Å²) < 4.78 is 45.9. The first-order valence-corrected chi connectivity index (χ1v) is 11.6. The number of carbonyl (C=O) groups is 1. The third kappa shape index (κ3) is 6.21. The molecule has 0 unspecified atom stereocenters. The summed E-state index contributed by atoms with van der Waals surface area (Å²) in [5.74, 6) is -0.411. The van der Waals surface area contributed by atoms with Crippen molar-refractivity contribution in [3.05, 3.63) is 89.2 Å². The Morgan fingerprint density at radius 1 is 1.00 bits per heavy atom. The molecule has 3 rings (SSSR count). The van der Waals surface area contributed by atoms with Gasteiger partial charge in [0.15, 0.2) is 0 Å². The SMILES string of the molecule is Cc1ccc(S(=O)(=O)N(CC(=O)NCCOc2ccc(F)cc2)c2ccc(Cl)cc2)cc1. The van der Waals surface area contributed by atoms with Gasteiger partial charge in [-0.25, -0.2) is 12.8 Å². The minimum atomic E-state index is -3.99. The van der Waals surface area contributed by atoms with E-state index < -0.39 is 22.5 Å². The molecular weight excluding hydrogens is 455 g/mol. The van der Waals surface area contributed by atoms with Gasteiger partial charge in [-0.15, -0.1) is 0 Å². The summed E-state index contributed by atoms with van der Waals surface area (Å²) in [6.45, 7) is 1.72. The fraction of sp³-hybridized carbons (Fsp3) is 0.174. The zero-order chi connectivity index (χ0) is 23.1. The van der Waals surface area contributed by atoms with Gasteiger partial charge in [0.25, 0.3) is 10.0 Å². The molecule has 0 heterocycles. The standard InChI is InChI=1S/C23H22ClFN2O4S/c1-17-2-12-22(13-3-17)32(29,30)27(20-8-4-18(24)5-9-20)16-23(28)26-14-15-31-21-10-6-19(25)7-11-21/h2-13H,14-16H2,1H3,(H,26,28). The second-order valence-corrected chi connectivity index (χ2v) is 9.25. The van der Waals surface area contributed by atoms with E-state index >= 15 is 0 Å². The van der Waals surface area contributed by atoms with Gasteiger partial charge in [-0.05, 0) is 67.6 Å². The lowest BCUT2D eigenvalue weighted by Crippen LogP contribution is -2.41. The number of hydrogen-bond acceptors (Lipinski definition) is 4. The normalized spacial score (nSPS) is 11.1. The van der Waals surface area contributed by atoms with Crippen LogP contribution >= 0.6 is 11.6 Å². The van der Waals surface area contributed by atoms with Gasteiger partial charge in [-0.2, -0.15) is 0 Å². The number of carbonyl (C=O) groups excluding carboxylic acids is 1. The number of anilines is 1. The van der Waals surface area contributed by atoms with Gasteiger partial charge in [0.1, 0.15) is 24.7 Å². The Balaban J connectivity index is 1.69. The van der Waals surface area contributed by atoms with Crippen molar-refractivity contribution >= 4 is 33.2 Å². The van der Waals surface area contributed by atoms with Gasteiger partial charge in [-0.1, -0.05) is 29.3 Å². The number of halogens is 2. The van der Waals surface area contributed by atoms with E-state index in [0.717, 1.165) is 9.87 Å². The molecular formula is C23H22ClFN2O4S. The second kappa shape index (κ2) is 10.5. The van der Waals surface area contributed by atoms with Gasteiger partial charge in [-0.3, -0.25) is 9.10 Å². The number of nitrogens with one attached hydrogen (secondary N) is 1. The Bertz CT molecular complexity index is 1150. The summed E-state index contributed by atoms with van der Waals surface area (Å²) in [7, 11) is -3.99. The zero-order valence-corrected chi connectivity index (χ0v) is 18.9. The van der Waals surface area contributed by atoms with Crippen LogP contribution in [0, 0.1) is 12.7 Å². The van der Waals surface area contributed by atoms with Gasteiger partial charge in [0.2, 0.25) is 5.91 Å². The van der Waals surface area contributed by atoms with E-state index in [4.69, 9.17) is 16.3 Å². The van der Waals surface area contributed by atoms with Crippen molar-refractivity contribution in [1.82, 2.24) is 5.32 Å². The fourth-order valence-corrected chi connectivity index (χ4v) is 4.38. The summed E-state index contributed by atoms with van der Waals surface area (Å²) >= 11 is 5.93. The fourth-order valence-electron chi connectivity index (χ4n) is 2.84. The Morgan fingerprint density at radius 2 is 1.62 bits per heavy atom. The maximum atomic E-state index is 13.3. The maximum absolute atomic E-state index is 13.3. The lowest BCUT2D eigenvalue weighted by Gasteiger charge is -2.24. The summed E-state index contributed by atoms with van der Waals surface area (Å²) in [6, 6.07) is 18.1. The molecule has 0 spiro atoms. The quantitative estimate of drug-likeness (QED) is 0.470. The number of amides is 1. The summed E-state index contributed by atoms with van der Waals surface area (Å²) in [5.41, 5.74) is 1.23. The summed E-state index contributed by atoms with van der Waals surface area (Å²) in [4.78, 5) is 12.6. The van der Waals surface area contributed by atoms with Crippen LogP contribution in [0.1, 0.15) is 5.56 Å². The molecule has 0 aliphatic rings. The van der Waals surface area contributed by atoms with E-state index in [1.54, 1.807) is 36.4 Å². The Morgan fingerprint density at radius 3 is 2.25 bits per heavy atom. The highest BCUT2D eigenvalue weighted by atomic mass is 35.5. The van der Waals surface area contributed by atoms with E-state index in [1.165, 1.54) is 36.4 Å². The lowest BCUT2D eigenvalue weighted by molar-refractivity contribution is -0.119. The Labute approximate surface area is 191 Å². The maximum Gasteiger partial charge on any atom is 0.264 e. The minimum Gasteiger partial charge on any atom is -0.492 e. The molecule has 0 bridgehead atoms. The molecule has 0 aliphatic carbocycles. The molecule has 0 fully saturated rings. The van der Waals surface area contributed by atoms with Crippen molar-refractivity contribution in [1.29, 1.82) is 0 Å². The highest BCUT2D eigenvalue weighted by Gasteiger charge is 2.27. The van der Waals surface area contributed by atoms with Crippen molar-refractivity contribution in [2.45, 2.75) is 11.8 Å². The number of aryl methyl sites for hydroxylation is 1. The first-order chi connectivity index (χ1) is 15.3. The van der Waals surface area contributed by atoms with Crippen molar-refractivity contribution < 1.29 is 22.3 Å². The molecule has 6 nitrogen and oxygen atoms in total. The molecule has 0 aliphatic heterocycles. The van der Waals surface area contributed by atoms with Crippen molar-refractivity contribution in [3.63, 3.8) is 0 Å². The topological polar surface area (TPSA) is 75.7 Å². The van der Waals surface area contributed by atoms with Crippen LogP contribution in [-0.2, 0) is 14.8 Å². The molecule has 0 radical (unpaired) electrons. The first kappa shape index (κ1) is 23.6. The van der Waals surface area contributed by atoms with E-state index in [9.17, 15) is 17.6 Å². The predicted molar refractivity (Wildman–Crippen MR) is 122 cm³/mol. The molecule has 0 atom stereocenters. The summed E-state index contributed by atoms with van der Waals surface area (Å²) in [6.07, 6.45) is 0. The van der Waals surface area contributed by atoms with Crippen LogP contribution in [0.2, 0.25) is 5.02 Å². The molecule has 3 aromatic rings. The number of ether oxygens (including phenoxy) is 1. The van der Waals surface area contributed by atoms with Crippen molar-refractivity contribution in [2.24, 2.45) is 0 Å². The van der Waals surface area contributed by atoms with Crippen LogP contribution in [0.15, 0.2) is 77.7 Å². The van der Waals surface area contributed by atoms with E-state index in [1.807, 2.05) is 6.92 Å². The molecule has 1 N–H and O–H groups in total. The third-order valence-corrected chi connectivity index (χ3v) is 6.56. The molecule has 0 saturated carbocycles. The Kier molecular flexibility index (Phi) is 7.71. The monoisotopic (exact) mass is 476 g/mol. The number of nitrogens with zero attached hydrogens (tertiary/aromatic N) is 1.